The third-order valence-corrected chi connectivity index (χ3v) is 5.32. The number of halogens is 1. The maximum absolute atomic E-state index is 14.2. The van der Waals surface area contributed by atoms with Crippen molar-refractivity contribution >= 4 is 34.7 Å². The number of carboxylic acids is 1. The van der Waals surface area contributed by atoms with Gasteiger partial charge in [-0.25, -0.2) is 23.9 Å². The molecule has 140 valence electrons. The molecule has 0 saturated heterocycles. The first kappa shape index (κ1) is 18.7. The molecule has 0 bridgehead atoms. The Morgan fingerprint density at radius 2 is 2.15 bits per heavy atom. The molecule has 3 rings (SSSR count). The first-order valence-electron chi connectivity index (χ1n) is 7.37. The Labute approximate surface area is 159 Å². The number of carbonyl (C=O) groups is 2. The molecule has 8 nitrogen and oxygen atoms in total. The number of rotatable bonds is 5. The van der Waals surface area contributed by atoms with Gasteiger partial charge in [0.1, 0.15) is 27.1 Å². The SMILES string of the molecule is COC(=O)NCc1ncc(-c2csc(-c3cc(O)c(C(=O)O)cc3F)n2)s1. The van der Waals surface area contributed by atoms with Crippen molar-refractivity contribution in [2.45, 2.75) is 6.54 Å². The van der Waals surface area contributed by atoms with E-state index in [1.54, 1.807) is 11.6 Å². The van der Waals surface area contributed by atoms with Gasteiger partial charge in [-0.05, 0) is 12.1 Å². The van der Waals surface area contributed by atoms with Gasteiger partial charge >= 0.3 is 12.1 Å². The van der Waals surface area contributed by atoms with Crippen LogP contribution in [0.2, 0.25) is 0 Å². The number of thiazole rings is 2. The summed E-state index contributed by atoms with van der Waals surface area (Å²) in [6, 6.07) is 1.80. The molecule has 0 unspecified atom stereocenters. The second kappa shape index (κ2) is 7.68. The molecule has 1 aromatic carbocycles. The molecule has 2 aromatic heterocycles. The van der Waals surface area contributed by atoms with Gasteiger partial charge in [0.05, 0.1) is 24.2 Å². The predicted molar refractivity (Wildman–Crippen MR) is 96.5 cm³/mol. The van der Waals surface area contributed by atoms with E-state index < -0.39 is 29.2 Å². The quantitative estimate of drug-likeness (QED) is 0.591. The molecule has 11 heteroatoms. The molecule has 0 aliphatic heterocycles. The van der Waals surface area contributed by atoms with Crippen molar-refractivity contribution in [3.8, 4) is 26.9 Å². The molecule has 1 amide bonds. The van der Waals surface area contributed by atoms with E-state index in [1.807, 2.05) is 0 Å². The van der Waals surface area contributed by atoms with Gasteiger partial charge in [0.15, 0.2) is 0 Å². The Morgan fingerprint density at radius 1 is 1.37 bits per heavy atom. The minimum Gasteiger partial charge on any atom is -0.507 e. The van der Waals surface area contributed by atoms with Crippen LogP contribution in [0.15, 0.2) is 23.7 Å². The maximum atomic E-state index is 14.2. The van der Waals surface area contributed by atoms with Crippen molar-refractivity contribution in [3.05, 3.63) is 40.1 Å². The van der Waals surface area contributed by atoms with Crippen LogP contribution in [0, 0.1) is 5.82 Å². The molecule has 0 fully saturated rings. The maximum Gasteiger partial charge on any atom is 0.407 e. The molecule has 0 saturated carbocycles. The third-order valence-electron chi connectivity index (χ3n) is 3.43. The number of aromatic nitrogens is 2. The number of hydrogen-bond acceptors (Lipinski definition) is 8. The van der Waals surface area contributed by atoms with Crippen LogP contribution in [0.5, 0.6) is 5.75 Å². The number of amides is 1. The summed E-state index contributed by atoms with van der Waals surface area (Å²) in [5.41, 5.74) is 0.0436. The minimum atomic E-state index is -1.42. The van der Waals surface area contributed by atoms with Crippen molar-refractivity contribution in [1.82, 2.24) is 15.3 Å². The van der Waals surface area contributed by atoms with Gasteiger partial charge in [0.25, 0.3) is 0 Å². The van der Waals surface area contributed by atoms with Crippen molar-refractivity contribution in [2.75, 3.05) is 7.11 Å². The average molecular weight is 409 g/mol. The standard InChI is InChI=1S/C16H12FN3O5S2/c1-25-16(24)19-5-13-18-4-12(27-13)10-6-26-14(20-10)7-3-11(21)8(15(22)23)2-9(7)17/h2-4,6,21H,5H2,1H3,(H,19,24)(H,22,23). The number of benzene rings is 1. The number of ether oxygens (including phenoxy) is 1. The summed E-state index contributed by atoms with van der Waals surface area (Å²) in [7, 11) is 1.26. The normalized spacial score (nSPS) is 10.6. The van der Waals surface area contributed by atoms with E-state index in [0.717, 1.165) is 23.5 Å². The van der Waals surface area contributed by atoms with E-state index in [0.29, 0.717) is 15.6 Å². The van der Waals surface area contributed by atoms with Crippen LogP contribution in [0.1, 0.15) is 15.4 Å². The van der Waals surface area contributed by atoms with E-state index in [2.05, 4.69) is 20.0 Å². The molecule has 0 atom stereocenters. The number of phenols is 1. The molecule has 0 spiro atoms. The second-order valence-electron chi connectivity index (χ2n) is 5.16. The van der Waals surface area contributed by atoms with Gasteiger partial charge in [0.2, 0.25) is 0 Å². The summed E-state index contributed by atoms with van der Waals surface area (Å²) in [5, 5.41) is 23.8. The number of aromatic hydroxyl groups is 1. The molecule has 0 aliphatic carbocycles. The van der Waals surface area contributed by atoms with Crippen molar-refractivity contribution in [2.24, 2.45) is 0 Å². The molecule has 0 radical (unpaired) electrons. The lowest BCUT2D eigenvalue weighted by Crippen LogP contribution is -2.22. The summed E-state index contributed by atoms with van der Waals surface area (Å²) in [5.74, 6) is -2.75. The smallest absolute Gasteiger partial charge is 0.407 e. The zero-order valence-corrected chi connectivity index (χ0v) is 15.4. The summed E-state index contributed by atoms with van der Waals surface area (Å²) in [4.78, 5) is 31.3. The molecular weight excluding hydrogens is 397 g/mol. The largest absolute Gasteiger partial charge is 0.507 e. The summed E-state index contributed by atoms with van der Waals surface area (Å²) >= 11 is 2.45. The van der Waals surface area contributed by atoms with Crippen LogP contribution in [0.3, 0.4) is 0 Å². The highest BCUT2D eigenvalue weighted by atomic mass is 32.1. The van der Waals surface area contributed by atoms with Crippen LogP contribution in [-0.2, 0) is 11.3 Å². The first-order chi connectivity index (χ1) is 12.9. The van der Waals surface area contributed by atoms with Gasteiger partial charge in [-0.1, -0.05) is 0 Å². The van der Waals surface area contributed by atoms with Gasteiger partial charge in [0, 0.05) is 17.1 Å². The van der Waals surface area contributed by atoms with Crippen LogP contribution in [0.4, 0.5) is 9.18 Å². The minimum absolute atomic E-state index is 0.00541. The molecule has 27 heavy (non-hydrogen) atoms. The van der Waals surface area contributed by atoms with Crippen LogP contribution < -0.4 is 5.32 Å². The van der Waals surface area contributed by atoms with Gasteiger partial charge in [-0.2, -0.15) is 0 Å². The highest BCUT2D eigenvalue weighted by Crippen LogP contribution is 2.35. The van der Waals surface area contributed by atoms with Gasteiger partial charge in [-0.15, -0.1) is 22.7 Å². The van der Waals surface area contributed by atoms with Crippen molar-refractivity contribution in [3.63, 3.8) is 0 Å². The molecular formula is C16H12FN3O5S2. The fourth-order valence-electron chi connectivity index (χ4n) is 2.14. The molecule has 3 N–H and O–H groups in total. The fraction of sp³-hybridized carbons (Fsp3) is 0.125. The lowest BCUT2D eigenvalue weighted by Gasteiger charge is -2.04. The topological polar surface area (TPSA) is 122 Å². The zero-order chi connectivity index (χ0) is 19.6. The Morgan fingerprint density at radius 3 is 2.85 bits per heavy atom. The van der Waals surface area contributed by atoms with E-state index in [9.17, 15) is 19.1 Å². The third kappa shape index (κ3) is 4.04. The molecule has 3 aromatic rings. The first-order valence-corrected chi connectivity index (χ1v) is 9.07. The van der Waals surface area contributed by atoms with E-state index >= 15 is 0 Å². The Balaban J connectivity index is 1.83. The summed E-state index contributed by atoms with van der Waals surface area (Å²) in [6.45, 7) is 0.202. The Kier molecular flexibility index (Phi) is 5.33. The monoisotopic (exact) mass is 409 g/mol. The lowest BCUT2D eigenvalue weighted by molar-refractivity contribution is 0.0693. The van der Waals surface area contributed by atoms with Crippen molar-refractivity contribution < 1.29 is 28.9 Å². The highest BCUT2D eigenvalue weighted by molar-refractivity contribution is 7.16. The highest BCUT2D eigenvalue weighted by Gasteiger charge is 2.18. The number of hydrogen-bond donors (Lipinski definition) is 3. The van der Waals surface area contributed by atoms with Crippen molar-refractivity contribution in [1.29, 1.82) is 0 Å². The number of aromatic carboxylic acids is 1. The van der Waals surface area contributed by atoms with E-state index in [4.69, 9.17) is 5.11 Å². The predicted octanol–water partition coefficient (Wildman–Crippen LogP) is 3.33. The van der Waals surface area contributed by atoms with Gasteiger partial charge in [-0.3, -0.25) is 0 Å². The summed E-state index contributed by atoms with van der Waals surface area (Å²) < 4.78 is 18.7. The number of carbonyl (C=O) groups excluding carboxylic acids is 1. The second-order valence-corrected chi connectivity index (χ2v) is 7.13. The zero-order valence-electron chi connectivity index (χ0n) is 13.7. The Bertz CT molecular complexity index is 1020. The lowest BCUT2D eigenvalue weighted by atomic mass is 10.1. The number of methoxy groups -OCH3 is 1. The fourth-order valence-corrected chi connectivity index (χ4v) is 3.87. The Hall–Kier alpha value is -3.05. The molecule has 2 heterocycles. The van der Waals surface area contributed by atoms with Crippen LogP contribution >= 0.6 is 22.7 Å². The van der Waals surface area contributed by atoms with E-state index in [-0.39, 0.29) is 17.1 Å². The van der Waals surface area contributed by atoms with Crippen LogP contribution in [-0.4, -0.2) is 39.4 Å². The number of nitrogens with one attached hydrogen (secondary N) is 1. The van der Waals surface area contributed by atoms with Crippen LogP contribution in [0.25, 0.3) is 21.1 Å². The number of carboxylic acid groups (broad SMARTS) is 1. The number of nitrogens with zero attached hydrogens (tertiary/aromatic N) is 2. The average Bonchev–Trinajstić information content (AvgIpc) is 3.30. The van der Waals surface area contributed by atoms with Gasteiger partial charge < -0.3 is 20.3 Å². The summed E-state index contributed by atoms with van der Waals surface area (Å²) in [6.07, 6.45) is 1.02. The number of alkyl carbamates (subject to hydrolysis) is 1. The van der Waals surface area contributed by atoms with E-state index in [1.165, 1.54) is 18.4 Å². The molecule has 0 aliphatic rings.